The van der Waals surface area contributed by atoms with Crippen molar-refractivity contribution in [2.75, 3.05) is 18.5 Å². The van der Waals surface area contributed by atoms with E-state index in [2.05, 4.69) is 5.32 Å². The molecule has 0 aliphatic carbocycles. The lowest BCUT2D eigenvalue weighted by Gasteiger charge is -2.19. The van der Waals surface area contributed by atoms with E-state index in [9.17, 15) is 9.59 Å². The minimum atomic E-state index is -0.440. The van der Waals surface area contributed by atoms with Crippen LogP contribution in [0.15, 0.2) is 24.3 Å². The Balaban J connectivity index is 1.55. The molecule has 2 aliphatic heterocycles. The van der Waals surface area contributed by atoms with E-state index in [4.69, 9.17) is 17.0 Å². The molecule has 0 saturated carbocycles. The number of anilines is 1. The first-order valence-electron chi connectivity index (χ1n) is 8.03. The number of carbonyl (C=O) groups is 2. The van der Waals surface area contributed by atoms with E-state index in [1.165, 1.54) is 11.8 Å². The number of amides is 2. The van der Waals surface area contributed by atoms with E-state index < -0.39 is 5.25 Å². The van der Waals surface area contributed by atoms with Gasteiger partial charge >= 0.3 is 0 Å². The Kier molecular flexibility index (Phi) is 5.53. The highest BCUT2D eigenvalue weighted by atomic mass is 32.2. The molecule has 1 N–H and O–H groups in total. The van der Waals surface area contributed by atoms with Gasteiger partial charge in [0.1, 0.15) is 4.32 Å². The number of nitrogens with zero attached hydrogens (tertiary/aromatic N) is 1. The zero-order chi connectivity index (χ0) is 17.1. The molecule has 7 heteroatoms. The van der Waals surface area contributed by atoms with Crippen LogP contribution in [0.3, 0.4) is 0 Å². The van der Waals surface area contributed by atoms with Gasteiger partial charge in [-0.3, -0.25) is 14.5 Å². The molecule has 2 aliphatic rings. The Morgan fingerprint density at radius 1 is 1.42 bits per heavy atom. The normalized spacial score (nSPS) is 23.8. The maximum Gasteiger partial charge on any atom is 0.242 e. The number of thiocarbonyl (C=S) groups is 1. The lowest BCUT2D eigenvalue weighted by Crippen LogP contribution is -2.38. The zero-order valence-corrected chi connectivity index (χ0v) is 15.1. The van der Waals surface area contributed by atoms with Crippen molar-refractivity contribution >= 4 is 45.8 Å². The molecular formula is C17H20N2O3S2. The van der Waals surface area contributed by atoms with Gasteiger partial charge in [0, 0.05) is 18.7 Å². The maximum atomic E-state index is 12.5. The largest absolute Gasteiger partial charge is 0.376 e. The second-order valence-electron chi connectivity index (χ2n) is 6.07. The van der Waals surface area contributed by atoms with Crippen molar-refractivity contribution in [2.45, 2.75) is 37.5 Å². The summed E-state index contributed by atoms with van der Waals surface area (Å²) in [5.41, 5.74) is 1.87. The molecule has 24 heavy (non-hydrogen) atoms. The molecule has 2 atom stereocenters. The van der Waals surface area contributed by atoms with Crippen molar-refractivity contribution in [1.29, 1.82) is 0 Å². The number of carbonyl (C=O) groups excluding carboxylic acids is 2. The van der Waals surface area contributed by atoms with Gasteiger partial charge in [-0.05, 0) is 31.9 Å². The van der Waals surface area contributed by atoms with Crippen LogP contribution in [0.2, 0.25) is 0 Å². The van der Waals surface area contributed by atoms with Crippen molar-refractivity contribution in [3.8, 4) is 0 Å². The molecule has 2 unspecified atom stereocenters. The van der Waals surface area contributed by atoms with Gasteiger partial charge in [-0.15, -0.1) is 0 Å². The molecule has 2 amide bonds. The number of hydrogen-bond donors (Lipinski definition) is 1. The number of benzene rings is 1. The lowest BCUT2D eigenvalue weighted by atomic mass is 10.2. The van der Waals surface area contributed by atoms with Gasteiger partial charge in [-0.2, -0.15) is 0 Å². The molecular weight excluding hydrogens is 344 g/mol. The van der Waals surface area contributed by atoms with Crippen molar-refractivity contribution in [1.82, 2.24) is 4.90 Å². The molecule has 2 heterocycles. The molecule has 128 valence electrons. The van der Waals surface area contributed by atoms with Gasteiger partial charge < -0.3 is 10.1 Å². The van der Waals surface area contributed by atoms with Gasteiger partial charge in [0.25, 0.3) is 0 Å². The van der Waals surface area contributed by atoms with E-state index in [1.54, 1.807) is 4.90 Å². The monoisotopic (exact) mass is 364 g/mol. The fourth-order valence-electron chi connectivity index (χ4n) is 2.80. The second kappa shape index (κ2) is 7.63. The molecule has 2 saturated heterocycles. The first-order chi connectivity index (χ1) is 11.5. The van der Waals surface area contributed by atoms with Gasteiger partial charge in [0.15, 0.2) is 0 Å². The summed E-state index contributed by atoms with van der Waals surface area (Å²) < 4.78 is 6.12. The topological polar surface area (TPSA) is 58.6 Å². The van der Waals surface area contributed by atoms with E-state index in [0.717, 1.165) is 30.7 Å². The minimum absolute atomic E-state index is 0.0626. The average Bonchev–Trinajstić information content (AvgIpc) is 3.14. The van der Waals surface area contributed by atoms with E-state index in [0.29, 0.717) is 10.9 Å². The Morgan fingerprint density at radius 3 is 2.83 bits per heavy atom. The summed E-state index contributed by atoms with van der Waals surface area (Å²) in [6.45, 7) is 3.23. The first-order valence-corrected chi connectivity index (χ1v) is 9.32. The smallest absolute Gasteiger partial charge is 0.242 e. The number of nitrogens with one attached hydrogen (secondary N) is 1. The van der Waals surface area contributed by atoms with E-state index >= 15 is 0 Å². The number of rotatable bonds is 5. The van der Waals surface area contributed by atoms with Crippen LogP contribution in [0, 0.1) is 6.92 Å². The third kappa shape index (κ3) is 4.15. The standard InChI is InChI=1S/C17H20N2O3S2/c1-11-4-6-12(7-5-11)18-15(20)9-14-16(21)19(17(23)24-14)10-13-3-2-8-22-13/h4-7,13-14H,2-3,8-10H2,1H3,(H,18,20). The summed E-state index contributed by atoms with van der Waals surface area (Å²) in [6, 6.07) is 7.57. The molecule has 1 aromatic rings. The molecule has 0 radical (unpaired) electrons. The SMILES string of the molecule is Cc1ccc(NC(=O)CC2SC(=S)N(CC3CCCO3)C2=O)cc1. The molecule has 2 fully saturated rings. The second-order valence-corrected chi connectivity index (χ2v) is 7.91. The van der Waals surface area contributed by atoms with Gasteiger partial charge in [-0.25, -0.2) is 0 Å². The summed E-state index contributed by atoms with van der Waals surface area (Å²) in [7, 11) is 0. The fraction of sp³-hybridized carbons (Fsp3) is 0.471. The van der Waals surface area contributed by atoms with Crippen LogP contribution in [0.1, 0.15) is 24.8 Å². The third-order valence-corrected chi connectivity index (χ3v) is 5.71. The molecule has 0 bridgehead atoms. The number of aryl methyl sites for hydroxylation is 1. The lowest BCUT2D eigenvalue weighted by molar-refractivity contribution is -0.129. The van der Waals surface area contributed by atoms with E-state index in [-0.39, 0.29) is 24.3 Å². The number of hydrogen-bond acceptors (Lipinski definition) is 5. The van der Waals surface area contributed by atoms with Crippen molar-refractivity contribution in [3.05, 3.63) is 29.8 Å². The number of ether oxygens (including phenoxy) is 1. The minimum Gasteiger partial charge on any atom is -0.376 e. The summed E-state index contributed by atoms with van der Waals surface area (Å²) in [5, 5.41) is 2.39. The fourth-order valence-corrected chi connectivity index (χ4v) is 4.31. The Bertz CT molecular complexity index is 642. The highest BCUT2D eigenvalue weighted by molar-refractivity contribution is 8.24. The summed E-state index contributed by atoms with van der Waals surface area (Å²) in [6.07, 6.45) is 2.16. The van der Waals surface area contributed by atoms with Crippen LogP contribution < -0.4 is 5.32 Å². The van der Waals surface area contributed by atoms with E-state index in [1.807, 2.05) is 31.2 Å². The molecule has 3 rings (SSSR count). The Morgan fingerprint density at radius 2 is 2.17 bits per heavy atom. The van der Waals surface area contributed by atoms with Gasteiger partial charge in [0.2, 0.25) is 11.8 Å². The predicted molar refractivity (Wildman–Crippen MR) is 99.1 cm³/mol. The van der Waals surface area contributed by atoms with Crippen LogP contribution in [0.4, 0.5) is 5.69 Å². The van der Waals surface area contributed by atoms with Gasteiger partial charge in [0.05, 0.1) is 17.9 Å². The third-order valence-electron chi connectivity index (χ3n) is 4.12. The Hall–Kier alpha value is -1.44. The first kappa shape index (κ1) is 17.4. The quantitative estimate of drug-likeness (QED) is 0.814. The maximum absolute atomic E-state index is 12.5. The highest BCUT2D eigenvalue weighted by Gasteiger charge is 2.39. The summed E-state index contributed by atoms with van der Waals surface area (Å²) in [5.74, 6) is -0.258. The van der Waals surface area contributed by atoms with Crippen molar-refractivity contribution in [3.63, 3.8) is 0 Å². The molecule has 0 spiro atoms. The summed E-state index contributed by atoms with van der Waals surface area (Å²) in [4.78, 5) is 26.3. The highest BCUT2D eigenvalue weighted by Crippen LogP contribution is 2.31. The van der Waals surface area contributed by atoms with Crippen LogP contribution in [0.5, 0.6) is 0 Å². The summed E-state index contributed by atoms with van der Waals surface area (Å²) >= 11 is 6.60. The van der Waals surface area contributed by atoms with Crippen LogP contribution in [-0.4, -0.2) is 45.5 Å². The average molecular weight is 364 g/mol. The molecule has 5 nitrogen and oxygen atoms in total. The number of thioether (sulfide) groups is 1. The zero-order valence-electron chi connectivity index (χ0n) is 13.5. The molecule has 1 aromatic carbocycles. The van der Waals surface area contributed by atoms with Crippen LogP contribution >= 0.6 is 24.0 Å². The van der Waals surface area contributed by atoms with Crippen LogP contribution in [-0.2, 0) is 14.3 Å². The van der Waals surface area contributed by atoms with Crippen molar-refractivity contribution < 1.29 is 14.3 Å². The Labute approximate surface area is 151 Å². The predicted octanol–water partition coefficient (Wildman–Crippen LogP) is 2.73. The van der Waals surface area contributed by atoms with Crippen molar-refractivity contribution in [2.24, 2.45) is 0 Å². The molecule has 0 aromatic heterocycles. The van der Waals surface area contributed by atoms with Crippen LogP contribution in [0.25, 0.3) is 0 Å². The van der Waals surface area contributed by atoms with Gasteiger partial charge in [-0.1, -0.05) is 41.7 Å².